The molecular weight excluding hydrogens is 376 g/mol. The smallest absolute Gasteiger partial charge is 0.244 e. The van der Waals surface area contributed by atoms with Crippen molar-refractivity contribution in [2.75, 3.05) is 12.4 Å². The molecule has 0 unspecified atom stereocenters. The number of nitrogens with one attached hydrogen (secondary N) is 1. The lowest BCUT2D eigenvalue weighted by Crippen LogP contribution is -2.18. The van der Waals surface area contributed by atoms with E-state index in [2.05, 4.69) is 16.1 Å². The van der Waals surface area contributed by atoms with Crippen molar-refractivity contribution in [1.82, 2.24) is 14.1 Å². The van der Waals surface area contributed by atoms with Crippen LogP contribution in [0, 0.1) is 0 Å². The van der Waals surface area contributed by atoms with E-state index in [0.29, 0.717) is 0 Å². The first-order valence-electron chi connectivity index (χ1n) is 10.3. The monoisotopic (exact) mass is 400 g/mol. The normalized spacial score (nSPS) is 13.2. The van der Waals surface area contributed by atoms with Crippen LogP contribution in [0.15, 0.2) is 60.9 Å². The fourth-order valence-corrected chi connectivity index (χ4v) is 4.07. The molecule has 152 valence electrons. The first kappa shape index (κ1) is 18.5. The Hall–Kier alpha value is -3.54. The summed E-state index contributed by atoms with van der Waals surface area (Å²) in [4.78, 5) is 17.3. The molecule has 1 aliphatic rings. The van der Waals surface area contributed by atoms with Gasteiger partial charge in [0.15, 0.2) is 0 Å². The molecule has 1 amide bonds. The van der Waals surface area contributed by atoms with Gasteiger partial charge in [-0.2, -0.15) is 0 Å². The lowest BCUT2D eigenvalue weighted by molar-refractivity contribution is -0.116. The van der Waals surface area contributed by atoms with Crippen molar-refractivity contribution in [3.05, 3.63) is 66.7 Å². The Kier molecular flexibility index (Phi) is 4.75. The zero-order chi connectivity index (χ0) is 20.5. The third-order valence-electron chi connectivity index (χ3n) is 5.67. The topological polar surface area (TPSA) is 61.1 Å². The number of hydrogen-bond acceptors (Lipinski definition) is 3. The fourth-order valence-electron chi connectivity index (χ4n) is 4.07. The van der Waals surface area contributed by atoms with Gasteiger partial charge in [0.25, 0.3) is 0 Å². The summed E-state index contributed by atoms with van der Waals surface area (Å²) in [5.74, 6) is 1.92. The van der Waals surface area contributed by atoms with E-state index in [9.17, 15) is 4.79 Å². The van der Waals surface area contributed by atoms with Crippen molar-refractivity contribution in [2.24, 2.45) is 0 Å². The van der Waals surface area contributed by atoms with E-state index >= 15 is 0 Å². The van der Waals surface area contributed by atoms with Crippen LogP contribution in [-0.4, -0.2) is 27.1 Å². The molecule has 2 aromatic carbocycles. The van der Waals surface area contributed by atoms with E-state index in [1.54, 1.807) is 7.11 Å². The zero-order valence-corrected chi connectivity index (χ0v) is 17.0. The molecule has 0 saturated carbocycles. The summed E-state index contributed by atoms with van der Waals surface area (Å²) >= 11 is 0. The van der Waals surface area contributed by atoms with Crippen LogP contribution in [0.25, 0.3) is 22.2 Å². The Morgan fingerprint density at radius 1 is 1.13 bits per heavy atom. The van der Waals surface area contributed by atoms with Gasteiger partial charge in [0.1, 0.15) is 18.1 Å². The summed E-state index contributed by atoms with van der Waals surface area (Å²) < 4.78 is 9.46. The number of nitrogens with zero attached hydrogens (tertiary/aromatic N) is 3. The number of carbonyl (C=O) groups is 1. The van der Waals surface area contributed by atoms with Gasteiger partial charge >= 0.3 is 0 Å². The summed E-state index contributed by atoms with van der Waals surface area (Å²) in [5, 5.41) is 4.04. The first-order chi connectivity index (χ1) is 14.7. The number of aryl methyl sites for hydroxylation is 2. The summed E-state index contributed by atoms with van der Waals surface area (Å²) in [6.45, 7) is 1.31. The molecule has 5 rings (SSSR count). The Morgan fingerprint density at radius 3 is 2.80 bits per heavy atom. The highest BCUT2D eigenvalue weighted by Crippen LogP contribution is 2.24. The van der Waals surface area contributed by atoms with Gasteiger partial charge < -0.3 is 19.2 Å². The highest BCUT2D eigenvalue weighted by Gasteiger charge is 2.13. The largest absolute Gasteiger partial charge is 0.497 e. The average Bonchev–Trinajstić information content (AvgIpc) is 3.38. The van der Waals surface area contributed by atoms with Crippen molar-refractivity contribution < 1.29 is 9.53 Å². The Labute approximate surface area is 175 Å². The molecule has 0 bridgehead atoms. The Bertz CT molecular complexity index is 1180. The van der Waals surface area contributed by atoms with Crippen LogP contribution in [0.5, 0.6) is 5.75 Å². The molecule has 0 radical (unpaired) electrons. The van der Waals surface area contributed by atoms with Crippen molar-refractivity contribution in [3.8, 4) is 17.0 Å². The second-order valence-electron chi connectivity index (χ2n) is 7.69. The minimum Gasteiger partial charge on any atom is -0.497 e. The van der Waals surface area contributed by atoms with Crippen LogP contribution in [0.2, 0.25) is 0 Å². The van der Waals surface area contributed by atoms with Crippen LogP contribution in [0.1, 0.15) is 18.7 Å². The molecule has 2 aromatic heterocycles. The molecule has 0 fully saturated rings. The average molecular weight is 400 g/mol. The van der Waals surface area contributed by atoms with Crippen LogP contribution in [0.3, 0.4) is 0 Å². The van der Waals surface area contributed by atoms with E-state index in [1.807, 2.05) is 59.3 Å². The summed E-state index contributed by atoms with van der Waals surface area (Å²) in [5.41, 5.74) is 3.86. The summed E-state index contributed by atoms with van der Waals surface area (Å²) in [6, 6.07) is 15.7. The molecule has 4 aromatic rings. The van der Waals surface area contributed by atoms with Gasteiger partial charge in [0, 0.05) is 47.5 Å². The van der Waals surface area contributed by atoms with Crippen molar-refractivity contribution in [1.29, 1.82) is 0 Å². The van der Waals surface area contributed by atoms with Gasteiger partial charge in [0.05, 0.1) is 12.8 Å². The second kappa shape index (κ2) is 7.71. The number of imidazole rings is 1. The number of rotatable bonds is 5. The fraction of sp³-hybridized carbons (Fsp3) is 0.250. The van der Waals surface area contributed by atoms with Crippen LogP contribution >= 0.6 is 0 Å². The maximum absolute atomic E-state index is 12.6. The molecule has 0 spiro atoms. The number of amides is 1. The maximum atomic E-state index is 12.6. The third kappa shape index (κ3) is 3.56. The molecule has 0 saturated heterocycles. The van der Waals surface area contributed by atoms with Crippen LogP contribution in [-0.2, 0) is 24.3 Å². The van der Waals surface area contributed by atoms with E-state index in [4.69, 9.17) is 9.72 Å². The predicted octanol–water partition coefficient (Wildman–Crippen LogP) is 4.49. The Balaban J connectivity index is 1.27. The Morgan fingerprint density at radius 2 is 2.00 bits per heavy atom. The third-order valence-corrected chi connectivity index (χ3v) is 5.67. The number of aromatic nitrogens is 3. The van der Waals surface area contributed by atoms with Gasteiger partial charge in [-0.15, -0.1) is 0 Å². The highest BCUT2D eigenvalue weighted by molar-refractivity contribution is 5.92. The molecule has 6 nitrogen and oxygen atoms in total. The summed E-state index contributed by atoms with van der Waals surface area (Å²) in [7, 11) is 1.65. The number of anilines is 1. The minimum atomic E-state index is -0.0616. The highest BCUT2D eigenvalue weighted by atomic mass is 16.5. The van der Waals surface area contributed by atoms with Gasteiger partial charge in [-0.25, -0.2) is 4.98 Å². The van der Waals surface area contributed by atoms with Crippen molar-refractivity contribution in [3.63, 3.8) is 0 Å². The number of methoxy groups -OCH3 is 1. The number of ether oxygens (including phenoxy) is 1. The van der Waals surface area contributed by atoms with Crippen molar-refractivity contribution in [2.45, 2.75) is 32.4 Å². The van der Waals surface area contributed by atoms with E-state index < -0.39 is 0 Å². The molecular formula is C24H24N4O2. The maximum Gasteiger partial charge on any atom is 0.244 e. The molecule has 30 heavy (non-hydrogen) atoms. The van der Waals surface area contributed by atoms with E-state index in [-0.39, 0.29) is 12.5 Å². The number of hydrogen-bond donors (Lipinski definition) is 1. The molecule has 0 aliphatic carbocycles. The SMILES string of the molecule is COc1ccc2c(ccn2CC(=O)Nc2ccc(-c3cn4c(n3)CCCC4)cc2)c1. The van der Waals surface area contributed by atoms with E-state index in [1.165, 1.54) is 18.7 Å². The van der Waals surface area contributed by atoms with Gasteiger partial charge in [0.2, 0.25) is 5.91 Å². The predicted molar refractivity (Wildman–Crippen MR) is 118 cm³/mol. The van der Waals surface area contributed by atoms with E-state index in [0.717, 1.165) is 46.6 Å². The number of fused-ring (bicyclic) bond motifs is 2. The lowest BCUT2D eigenvalue weighted by Gasteiger charge is -2.11. The lowest BCUT2D eigenvalue weighted by atomic mass is 10.1. The van der Waals surface area contributed by atoms with Crippen LogP contribution in [0.4, 0.5) is 5.69 Å². The van der Waals surface area contributed by atoms with Gasteiger partial charge in [-0.3, -0.25) is 4.79 Å². The standard InChI is InChI=1S/C24H24N4O2/c1-30-20-9-10-22-18(14-20)11-13-27(22)16-24(29)25-19-7-5-17(6-8-19)21-15-28-12-3-2-4-23(28)26-21/h5-11,13-15H,2-4,12,16H2,1H3,(H,25,29). The molecule has 0 atom stereocenters. The second-order valence-corrected chi connectivity index (χ2v) is 7.69. The first-order valence-corrected chi connectivity index (χ1v) is 10.3. The van der Waals surface area contributed by atoms with Gasteiger partial charge in [-0.1, -0.05) is 12.1 Å². The minimum absolute atomic E-state index is 0.0616. The molecule has 6 heteroatoms. The number of benzene rings is 2. The number of carbonyl (C=O) groups excluding carboxylic acids is 1. The van der Waals surface area contributed by atoms with Crippen molar-refractivity contribution >= 4 is 22.5 Å². The zero-order valence-electron chi connectivity index (χ0n) is 17.0. The van der Waals surface area contributed by atoms with Crippen LogP contribution < -0.4 is 10.1 Å². The van der Waals surface area contributed by atoms with Gasteiger partial charge in [-0.05, 0) is 49.2 Å². The molecule has 3 heterocycles. The quantitative estimate of drug-likeness (QED) is 0.537. The molecule has 1 N–H and O–H groups in total. The summed E-state index contributed by atoms with van der Waals surface area (Å²) in [6.07, 6.45) is 7.54. The molecule has 1 aliphatic heterocycles.